The molecule has 1 heterocycles. The van der Waals surface area contributed by atoms with Gasteiger partial charge in [-0.1, -0.05) is 53.5 Å². The van der Waals surface area contributed by atoms with Gasteiger partial charge in [0.15, 0.2) is 23.1 Å². The van der Waals surface area contributed by atoms with Gasteiger partial charge in [-0.3, -0.25) is 0 Å². The van der Waals surface area contributed by atoms with E-state index in [0.717, 1.165) is 5.56 Å². The molecule has 1 atom stereocenters. The van der Waals surface area contributed by atoms with Gasteiger partial charge in [0.25, 0.3) is 0 Å². The molecular weight excluding hydrogens is 437 g/mol. The van der Waals surface area contributed by atoms with Crippen LogP contribution in [0, 0.1) is 11.6 Å². The highest BCUT2D eigenvalue weighted by atomic mass is 35.5. The van der Waals surface area contributed by atoms with Crippen LogP contribution in [0.4, 0.5) is 14.5 Å². The smallest absolute Gasteiger partial charge is 0.359 e. The summed E-state index contributed by atoms with van der Waals surface area (Å²) in [6.45, 7) is 1.65. The van der Waals surface area contributed by atoms with E-state index >= 15 is 0 Å². The molecule has 5 nitrogen and oxygen atoms in total. The number of nitrogens with two attached hydrogens (primary N) is 1. The zero-order chi connectivity index (χ0) is 22.0. The van der Waals surface area contributed by atoms with Crippen molar-refractivity contribution in [3.05, 3.63) is 75.4 Å². The first-order valence-corrected chi connectivity index (χ1v) is 9.44. The first-order valence-electron chi connectivity index (χ1n) is 8.69. The maximum atomic E-state index is 14.8. The lowest BCUT2D eigenvalue weighted by atomic mass is 10.1. The summed E-state index contributed by atoms with van der Waals surface area (Å²) in [7, 11) is 1.21. The van der Waals surface area contributed by atoms with Gasteiger partial charge < -0.3 is 15.2 Å². The second-order valence-corrected chi connectivity index (χ2v) is 7.04. The first kappa shape index (κ1) is 21.8. The van der Waals surface area contributed by atoms with Crippen LogP contribution in [0.2, 0.25) is 10.0 Å². The molecule has 0 bridgehead atoms. The van der Waals surface area contributed by atoms with Crippen LogP contribution in [0.3, 0.4) is 0 Å². The lowest BCUT2D eigenvalue weighted by Gasteiger charge is -2.16. The van der Waals surface area contributed by atoms with E-state index in [1.807, 2.05) is 6.07 Å². The van der Waals surface area contributed by atoms with Gasteiger partial charge in [0, 0.05) is 5.56 Å². The molecule has 0 aliphatic rings. The summed E-state index contributed by atoms with van der Waals surface area (Å²) >= 11 is 11.9. The number of halogens is 4. The molecule has 0 aliphatic heterocycles. The molecule has 0 aliphatic carbocycles. The van der Waals surface area contributed by atoms with Gasteiger partial charge in [-0.05, 0) is 24.6 Å². The van der Waals surface area contributed by atoms with Gasteiger partial charge in [0.1, 0.15) is 11.8 Å². The number of esters is 1. The molecule has 3 rings (SSSR count). The second-order valence-electron chi connectivity index (χ2n) is 6.25. The van der Waals surface area contributed by atoms with Crippen molar-refractivity contribution in [2.75, 3.05) is 12.8 Å². The van der Waals surface area contributed by atoms with Crippen molar-refractivity contribution < 1.29 is 23.0 Å². The average Bonchev–Trinajstić information content (AvgIpc) is 2.74. The number of nitrogen functional groups attached to an aromatic ring is 1. The van der Waals surface area contributed by atoms with Crippen LogP contribution in [0.15, 0.2) is 42.5 Å². The molecule has 156 valence electrons. The fourth-order valence-electron chi connectivity index (χ4n) is 2.79. The summed E-state index contributed by atoms with van der Waals surface area (Å²) in [5.41, 5.74) is 4.61. The van der Waals surface area contributed by atoms with Gasteiger partial charge in [-0.2, -0.15) is 0 Å². The number of carbonyl (C=O) groups excluding carboxylic acids is 1. The lowest BCUT2D eigenvalue weighted by Crippen LogP contribution is -2.14. The van der Waals surface area contributed by atoms with Crippen LogP contribution in [-0.2, 0) is 4.74 Å². The average molecular weight is 453 g/mol. The number of pyridine rings is 1. The number of methoxy groups -OCH3 is 1. The molecule has 30 heavy (non-hydrogen) atoms. The van der Waals surface area contributed by atoms with Gasteiger partial charge in [-0.25, -0.2) is 18.6 Å². The number of ether oxygens (including phenoxy) is 2. The highest BCUT2D eigenvalue weighted by molar-refractivity contribution is 6.36. The third kappa shape index (κ3) is 4.04. The van der Waals surface area contributed by atoms with Crippen LogP contribution in [0.25, 0.3) is 11.3 Å². The predicted molar refractivity (Wildman–Crippen MR) is 111 cm³/mol. The van der Waals surface area contributed by atoms with E-state index in [-0.39, 0.29) is 16.3 Å². The zero-order valence-electron chi connectivity index (χ0n) is 15.9. The SMILES string of the molecule is COc1c(Cl)ccc(-c2nc(C(=O)OC(C)c3ccccc3)c(Cl)c(N)c2F)c1F. The Hall–Kier alpha value is -2.90. The fourth-order valence-corrected chi connectivity index (χ4v) is 3.21. The molecule has 2 aromatic carbocycles. The topological polar surface area (TPSA) is 74.4 Å². The van der Waals surface area contributed by atoms with Gasteiger partial charge in [0.2, 0.25) is 0 Å². The van der Waals surface area contributed by atoms with E-state index in [1.165, 1.54) is 19.2 Å². The normalized spacial score (nSPS) is 11.8. The van der Waals surface area contributed by atoms with Crippen molar-refractivity contribution in [2.24, 2.45) is 0 Å². The van der Waals surface area contributed by atoms with E-state index in [2.05, 4.69) is 4.98 Å². The summed E-state index contributed by atoms with van der Waals surface area (Å²) in [5, 5.41) is -0.444. The van der Waals surface area contributed by atoms with E-state index in [1.54, 1.807) is 31.2 Å². The van der Waals surface area contributed by atoms with Crippen molar-refractivity contribution >= 4 is 34.9 Å². The van der Waals surface area contributed by atoms with Crippen LogP contribution in [0.1, 0.15) is 29.1 Å². The summed E-state index contributed by atoms with van der Waals surface area (Å²) in [6.07, 6.45) is -0.640. The van der Waals surface area contributed by atoms with Gasteiger partial charge in [0.05, 0.1) is 22.8 Å². The standard InChI is InChI=1S/C21H16Cl2F2N2O3/c1-10(11-6-4-3-5-7-11)30-21(28)19-14(23)17(26)16(25)18(27-19)12-8-9-13(22)20(29-2)15(12)24/h3-10H,1-2H3,(H2,26,27). The summed E-state index contributed by atoms with van der Waals surface area (Å²) in [4.78, 5) is 16.6. The van der Waals surface area contributed by atoms with Crippen molar-refractivity contribution in [1.82, 2.24) is 4.98 Å². The molecule has 0 amide bonds. The Morgan fingerprint density at radius 2 is 1.77 bits per heavy atom. The van der Waals surface area contributed by atoms with Crippen molar-refractivity contribution in [3.8, 4) is 17.0 Å². The summed E-state index contributed by atoms with van der Waals surface area (Å²) in [6, 6.07) is 11.4. The summed E-state index contributed by atoms with van der Waals surface area (Å²) < 4.78 is 39.8. The Labute approximate surface area is 181 Å². The molecule has 0 saturated heterocycles. The van der Waals surface area contributed by atoms with Crippen molar-refractivity contribution in [3.63, 3.8) is 0 Å². The highest BCUT2D eigenvalue weighted by Crippen LogP contribution is 2.38. The minimum absolute atomic E-state index is 0.0163. The van der Waals surface area contributed by atoms with Crippen LogP contribution >= 0.6 is 23.2 Å². The third-order valence-electron chi connectivity index (χ3n) is 4.37. The van der Waals surface area contributed by atoms with Crippen molar-refractivity contribution in [2.45, 2.75) is 13.0 Å². The van der Waals surface area contributed by atoms with E-state index in [4.69, 9.17) is 38.4 Å². The van der Waals surface area contributed by atoms with E-state index in [0.29, 0.717) is 0 Å². The molecular formula is C21H16Cl2F2N2O3. The third-order valence-corrected chi connectivity index (χ3v) is 5.05. The number of carbonyl (C=O) groups is 1. The molecule has 0 spiro atoms. The molecule has 0 radical (unpaired) electrons. The molecule has 0 fully saturated rings. The number of hydrogen-bond acceptors (Lipinski definition) is 5. The van der Waals surface area contributed by atoms with Gasteiger partial charge >= 0.3 is 5.97 Å². The van der Waals surface area contributed by atoms with Crippen molar-refractivity contribution in [1.29, 1.82) is 0 Å². The minimum Gasteiger partial charge on any atom is -0.492 e. The number of benzene rings is 2. The number of aromatic nitrogens is 1. The molecule has 0 saturated carbocycles. The van der Waals surface area contributed by atoms with Gasteiger partial charge in [-0.15, -0.1) is 0 Å². The Morgan fingerprint density at radius 3 is 2.40 bits per heavy atom. The molecule has 1 unspecified atom stereocenters. The summed E-state index contributed by atoms with van der Waals surface area (Å²) in [5.74, 6) is -3.29. The highest BCUT2D eigenvalue weighted by Gasteiger charge is 2.27. The molecule has 1 aromatic heterocycles. The van der Waals surface area contributed by atoms with Crippen LogP contribution < -0.4 is 10.5 Å². The maximum absolute atomic E-state index is 14.8. The van der Waals surface area contributed by atoms with E-state index in [9.17, 15) is 13.6 Å². The number of hydrogen-bond donors (Lipinski definition) is 1. The van der Waals surface area contributed by atoms with Crippen LogP contribution in [0.5, 0.6) is 5.75 Å². The number of nitrogens with zero attached hydrogens (tertiary/aromatic N) is 1. The first-order chi connectivity index (χ1) is 14.3. The zero-order valence-corrected chi connectivity index (χ0v) is 17.4. The Kier molecular flexibility index (Phi) is 6.43. The Morgan fingerprint density at radius 1 is 1.10 bits per heavy atom. The molecule has 2 N–H and O–H groups in total. The maximum Gasteiger partial charge on any atom is 0.359 e. The minimum atomic E-state index is -1.09. The quantitative estimate of drug-likeness (QED) is 0.491. The van der Waals surface area contributed by atoms with E-state index < -0.39 is 45.8 Å². The second kappa shape index (κ2) is 8.85. The predicted octanol–water partition coefficient (Wildman–Crippen LogP) is 5.84. The molecule has 3 aromatic rings. The fraction of sp³-hybridized carbons (Fsp3) is 0.143. The molecule has 9 heteroatoms. The Balaban J connectivity index is 2.06. The Bertz CT molecular complexity index is 1110. The van der Waals surface area contributed by atoms with Crippen LogP contribution in [-0.4, -0.2) is 18.1 Å². The lowest BCUT2D eigenvalue weighted by molar-refractivity contribution is 0.0331. The number of anilines is 1. The monoisotopic (exact) mass is 452 g/mol. The largest absolute Gasteiger partial charge is 0.492 e. The number of rotatable bonds is 5.